The highest BCUT2D eigenvalue weighted by Crippen LogP contribution is 2.28. The number of carbonyl (C=O) groups is 2. The SMILES string of the molecule is CNC1CCC(C(=O)NCc2cc(-c3ccc(C(N)=O)cc3)ccc2OC)CC1.Cl. The first-order valence-electron chi connectivity index (χ1n) is 10.0. The number of nitrogens with one attached hydrogen (secondary N) is 2. The van der Waals surface area contributed by atoms with Crippen LogP contribution in [0.15, 0.2) is 42.5 Å². The van der Waals surface area contributed by atoms with E-state index < -0.39 is 5.91 Å². The topological polar surface area (TPSA) is 93.5 Å². The quantitative estimate of drug-likeness (QED) is 0.627. The van der Waals surface area contributed by atoms with Crippen LogP contribution in [0, 0.1) is 5.92 Å². The van der Waals surface area contributed by atoms with Crippen LogP contribution in [0.5, 0.6) is 5.75 Å². The number of hydrogen-bond acceptors (Lipinski definition) is 4. The van der Waals surface area contributed by atoms with Gasteiger partial charge in [0.1, 0.15) is 5.75 Å². The monoisotopic (exact) mass is 431 g/mol. The standard InChI is InChI=1S/C23H29N3O3.ClH/c1-25-20-10-7-17(8-11-20)23(28)26-14-19-13-18(9-12-21(19)29-2)15-3-5-16(6-4-15)22(24)27;/h3-6,9,12-13,17,20,25H,7-8,10-11,14H2,1-2H3,(H2,24,27)(H,26,28);1H. The van der Waals surface area contributed by atoms with Crippen LogP contribution in [0.4, 0.5) is 0 Å². The van der Waals surface area contributed by atoms with Crippen molar-refractivity contribution in [2.45, 2.75) is 38.3 Å². The third kappa shape index (κ3) is 5.74. The summed E-state index contributed by atoms with van der Waals surface area (Å²) >= 11 is 0. The Morgan fingerprint density at radius 2 is 1.67 bits per heavy atom. The van der Waals surface area contributed by atoms with E-state index in [1.165, 1.54) is 0 Å². The Balaban J connectivity index is 0.00000320. The molecule has 0 spiro atoms. The number of carbonyl (C=O) groups excluding carboxylic acids is 2. The molecule has 30 heavy (non-hydrogen) atoms. The van der Waals surface area contributed by atoms with Crippen molar-refractivity contribution in [2.75, 3.05) is 14.2 Å². The molecular weight excluding hydrogens is 402 g/mol. The number of rotatable bonds is 7. The third-order valence-electron chi connectivity index (χ3n) is 5.74. The minimum atomic E-state index is -0.446. The summed E-state index contributed by atoms with van der Waals surface area (Å²) in [6.07, 6.45) is 3.91. The molecule has 0 bridgehead atoms. The Morgan fingerprint density at radius 1 is 1.03 bits per heavy atom. The van der Waals surface area contributed by atoms with Crippen molar-refractivity contribution in [2.24, 2.45) is 11.7 Å². The van der Waals surface area contributed by atoms with Crippen molar-refractivity contribution in [1.29, 1.82) is 0 Å². The zero-order valence-electron chi connectivity index (χ0n) is 17.4. The fourth-order valence-electron chi connectivity index (χ4n) is 3.89. The number of halogens is 1. The van der Waals surface area contributed by atoms with Crippen LogP contribution in [0.3, 0.4) is 0 Å². The van der Waals surface area contributed by atoms with Gasteiger partial charge in [-0.15, -0.1) is 12.4 Å². The fourth-order valence-corrected chi connectivity index (χ4v) is 3.89. The van der Waals surface area contributed by atoms with Crippen LogP contribution in [0.2, 0.25) is 0 Å². The zero-order chi connectivity index (χ0) is 20.8. The Hall–Kier alpha value is -2.57. The lowest BCUT2D eigenvalue weighted by molar-refractivity contribution is -0.126. The van der Waals surface area contributed by atoms with Crippen LogP contribution < -0.4 is 21.1 Å². The maximum Gasteiger partial charge on any atom is 0.248 e. The first-order valence-corrected chi connectivity index (χ1v) is 10.0. The molecule has 1 aliphatic carbocycles. The molecule has 0 aliphatic heterocycles. The number of methoxy groups -OCH3 is 1. The van der Waals surface area contributed by atoms with Crippen molar-refractivity contribution >= 4 is 24.2 Å². The minimum Gasteiger partial charge on any atom is -0.496 e. The summed E-state index contributed by atoms with van der Waals surface area (Å²) in [6, 6.07) is 13.6. The summed E-state index contributed by atoms with van der Waals surface area (Å²) in [5, 5.41) is 6.37. The van der Waals surface area contributed by atoms with Gasteiger partial charge in [0.15, 0.2) is 0 Å². The van der Waals surface area contributed by atoms with Crippen LogP contribution in [-0.2, 0) is 11.3 Å². The maximum absolute atomic E-state index is 12.6. The van der Waals surface area contributed by atoms with Gasteiger partial charge < -0.3 is 21.1 Å². The normalized spacial score (nSPS) is 18.2. The molecule has 2 amide bonds. The molecule has 0 radical (unpaired) electrons. The van der Waals surface area contributed by atoms with E-state index in [4.69, 9.17) is 10.5 Å². The van der Waals surface area contributed by atoms with Crippen molar-refractivity contribution in [3.05, 3.63) is 53.6 Å². The highest BCUT2D eigenvalue weighted by atomic mass is 35.5. The molecule has 6 nitrogen and oxygen atoms in total. The molecule has 7 heteroatoms. The molecule has 0 heterocycles. The number of amides is 2. The van der Waals surface area contributed by atoms with Crippen molar-refractivity contribution in [3.8, 4) is 16.9 Å². The fraction of sp³-hybridized carbons (Fsp3) is 0.391. The molecule has 1 fully saturated rings. The predicted octanol–water partition coefficient (Wildman–Crippen LogP) is 3.28. The Labute approximate surface area is 184 Å². The van der Waals surface area contributed by atoms with Crippen molar-refractivity contribution < 1.29 is 14.3 Å². The second kappa shape index (κ2) is 11.0. The van der Waals surface area contributed by atoms with Gasteiger partial charge in [0, 0.05) is 29.6 Å². The van der Waals surface area contributed by atoms with E-state index in [-0.39, 0.29) is 24.2 Å². The van der Waals surface area contributed by atoms with E-state index in [1.54, 1.807) is 19.2 Å². The molecule has 162 valence electrons. The van der Waals surface area contributed by atoms with Crippen LogP contribution >= 0.6 is 12.4 Å². The summed E-state index contributed by atoms with van der Waals surface area (Å²) in [5.74, 6) is 0.480. The molecular formula is C23H30ClN3O3. The predicted molar refractivity (Wildman–Crippen MR) is 121 cm³/mol. The molecule has 2 aromatic carbocycles. The average Bonchev–Trinajstić information content (AvgIpc) is 2.77. The number of benzene rings is 2. The van der Waals surface area contributed by atoms with Gasteiger partial charge in [0.2, 0.25) is 11.8 Å². The van der Waals surface area contributed by atoms with E-state index >= 15 is 0 Å². The number of primary amides is 1. The highest BCUT2D eigenvalue weighted by molar-refractivity contribution is 5.93. The first kappa shape index (κ1) is 23.7. The average molecular weight is 432 g/mol. The number of ether oxygens (including phenoxy) is 1. The van der Waals surface area contributed by atoms with Crippen LogP contribution in [0.25, 0.3) is 11.1 Å². The summed E-state index contributed by atoms with van der Waals surface area (Å²) in [6.45, 7) is 0.418. The van der Waals surface area contributed by atoms with E-state index in [1.807, 2.05) is 37.4 Å². The van der Waals surface area contributed by atoms with Crippen molar-refractivity contribution in [3.63, 3.8) is 0 Å². The molecule has 0 aromatic heterocycles. The molecule has 1 saturated carbocycles. The summed E-state index contributed by atoms with van der Waals surface area (Å²) < 4.78 is 5.47. The lowest BCUT2D eigenvalue weighted by Crippen LogP contribution is -2.37. The summed E-state index contributed by atoms with van der Waals surface area (Å²) in [5.41, 5.74) is 8.66. The van der Waals surface area contributed by atoms with Gasteiger partial charge in [-0.1, -0.05) is 18.2 Å². The first-order chi connectivity index (χ1) is 14.0. The van der Waals surface area contributed by atoms with Crippen molar-refractivity contribution in [1.82, 2.24) is 10.6 Å². The Kier molecular flexibility index (Phi) is 8.69. The Morgan fingerprint density at radius 3 is 2.23 bits per heavy atom. The number of nitrogens with two attached hydrogens (primary N) is 1. The van der Waals surface area contributed by atoms with Gasteiger partial charge in [0.05, 0.1) is 7.11 Å². The van der Waals surface area contributed by atoms with Gasteiger partial charge in [-0.3, -0.25) is 9.59 Å². The van der Waals surface area contributed by atoms with E-state index in [0.29, 0.717) is 18.2 Å². The molecule has 0 saturated heterocycles. The highest BCUT2D eigenvalue weighted by Gasteiger charge is 2.25. The number of hydrogen-bond donors (Lipinski definition) is 3. The van der Waals surface area contributed by atoms with E-state index in [9.17, 15) is 9.59 Å². The van der Waals surface area contributed by atoms with Crippen LogP contribution in [-0.4, -0.2) is 32.0 Å². The van der Waals surface area contributed by atoms with Crippen LogP contribution in [0.1, 0.15) is 41.6 Å². The molecule has 1 aliphatic rings. The van der Waals surface area contributed by atoms with Gasteiger partial charge in [-0.2, -0.15) is 0 Å². The Bertz CT molecular complexity index is 862. The smallest absolute Gasteiger partial charge is 0.248 e. The van der Waals surface area contributed by atoms with E-state index in [0.717, 1.165) is 48.1 Å². The lowest BCUT2D eigenvalue weighted by Gasteiger charge is -2.27. The maximum atomic E-state index is 12.6. The molecule has 2 aromatic rings. The largest absolute Gasteiger partial charge is 0.496 e. The van der Waals surface area contributed by atoms with Gasteiger partial charge in [-0.25, -0.2) is 0 Å². The summed E-state index contributed by atoms with van der Waals surface area (Å²) in [7, 11) is 3.60. The summed E-state index contributed by atoms with van der Waals surface area (Å²) in [4.78, 5) is 23.9. The van der Waals surface area contributed by atoms with Gasteiger partial charge >= 0.3 is 0 Å². The second-order valence-electron chi connectivity index (χ2n) is 7.52. The molecule has 4 N–H and O–H groups in total. The molecule has 0 atom stereocenters. The second-order valence-corrected chi connectivity index (χ2v) is 7.52. The third-order valence-corrected chi connectivity index (χ3v) is 5.74. The van der Waals surface area contributed by atoms with Gasteiger partial charge in [0.25, 0.3) is 0 Å². The lowest BCUT2D eigenvalue weighted by atomic mass is 9.85. The zero-order valence-corrected chi connectivity index (χ0v) is 18.3. The molecule has 3 rings (SSSR count). The molecule has 0 unspecified atom stereocenters. The minimum absolute atomic E-state index is 0. The van der Waals surface area contributed by atoms with Gasteiger partial charge in [-0.05, 0) is 68.1 Å². The van der Waals surface area contributed by atoms with E-state index in [2.05, 4.69) is 10.6 Å².